The molecule has 2 rings (SSSR count). The summed E-state index contributed by atoms with van der Waals surface area (Å²) in [4.78, 5) is 11.0. The summed E-state index contributed by atoms with van der Waals surface area (Å²) >= 11 is 0. The lowest BCUT2D eigenvalue weighted by Gasteiger charge is -2.26. The first-order valence-corrected chi connectivity index (χ1v) is 6.53. The fourth-order valence-electron chi connectivity index (χ4n) is 2.42. The molecule has 4 heteroatoms. The van der Waals surface area contributed by atoms with E-state index in [1.54, 1.807) is 0 Å². The lowest BCUT2D eigenvalue weighted by molar-refractivity contribution is -0.139. The normalized spacial score (nSPS) is 24.4. The Morgan fingerprint density at radius 3 is 2.78 bits per heavy atom. The summed E-state index contributed by atoms with van der Waals surface area (Å²) in [6.45, 7) is 5.32. The van der Waals surface area contributed by atoms with Crippen molar-refractivity contribution in [1.82, 2.24) is 0 Å². The van der Waals surface area contributed by atoms with Crippen molar-refractivity contribution in [2.45, 2.75) is 45.3 Å². The molecule has 0 N–H and O–H groups in total. The summed E-state index contributed by atoms with van der Waals surface area (Å²) in [7, 11) is 0. The fraction of sp³-hybridized carbons (Fsp3) is 0.643. The first-order valence-electron chi connectivity index (χ1n) is 6.53. The predicted octanol–water partition coefficient (Wildman–Crippen LogP) is 2.90. The van der Waals surface area contributed by atoms with E-state index in [-0.39, 0.29) is 12.9 Å². The van der Waals surface area contributed by atoms with E-state index in [0.29, 0.717) is 11.7 Å². The number of rotatable bonds is 4. The molecule has 0 bridgehead atoms. The molecule has 0 aromatic carbocycles. The molecule has 1 aliphatic carbocycles. The monoisotopic (exact) mass is 252 g/mol. The average Bonchev–Trinajstić information content (AvgIpc) is 2.78. The number of carbonyl (C=O) groups is 1. The molecule has 2 aliphatic rings. The van der Waals surface area contributed by atoms with Crippen LogP contribution in [0.4, 0.5) is 0 Å². The van der Waals surface area contributed by atoms with Crippen molar-refractivity contribution in [3.63, 3.8) is 0 Å². The number of carbonyl (C=O) groups excluding carboxylic acids is 1. The maximum atomic E-state index is 11.0. The summed E-state index contributed by atoms with van der Waals surface area (Å²) in [5.74, 6) is 1.37. The zero-order valence-corrected chi connectivity index (χ0v) is 10.8. The molecule has 4 nitrogen and oxygen atoms in total. The third-order valence-corrected chi connectivity index (χ3v) is 3.49. The molecule has 0 aromatic rings. The van der Waals surface area contributed by atoms with Gasteiger partial charge in [0, 0.05) is 12.0 Å². The van der Waals surface area contributed by atoms with Crippen LogP contribution in [0.2, 0.25) is 0 Å². The number of esters is 1. The highest BCUT2D eigenvalue weighted by atomic mass is 16.7. The molecule has 0 spiro atoms. The van der Waals surface area contributed by atoms with Crippen LogP contribution in [0.15, 0.2) is 24.2 Å². The van der Waals surface area contributed by atoms with Gasteiger partial charge in [0.15, 0.2) is 12.4 Å². The zero-order chi connectivity index (χ0) is 13.0. The minimum Gasteiger partial charge on any atom is -0.456 e. The molecule has 1 fully saturated rings. The van der Waals surface area contributed by atoms with E-state index in [1.807, 2.05) is 6.92 Å². The van der Waals surface area contributed by atoms with Gasteiger partial charge in [0.25, 0.3) is 0 Å². The fourth-order valence-corrected chi connectivity index (χ4v) is 2.42. The van der Waals surface area contributed by atoms with E-state index < -0.39 is 5.97 Å². The highest BCUT2D eigenvalue weighted by Gasteiger charge is 2.33. The maximum absolute atomic E-state index is 11.0. The van der Waals surface area contributed by atoms with Crippen LogP contribution < -0.4 is 0 Å². The topological polar surface area (TPSA) is 44.8 Å². The Morgan fingerprint density at radius 2 is 2.11 bits per heavy atom. The first-order chi connectivity index (χ1) is 8.70. The summed E-state index contributed by atoms with van der Waals surface area (Å²) in [5, 5.41) is 0. The Balaban J connectivity index is 1.84. The van der Waals surface area contributed by atoms with Gasteiger partial charge in [-0.2, -0.15) is 0 Å². The molecule has 0 radical (unpaired) electrons. The molecule has 1 unspecified atom stereocenters. The second-order valence-electron chi connectivity index (χ2n) is 4.79. The largest absolute Gasteiger partial charge is 0.456 e. The van der Waals surface area contributed by atoms with Crippen LogP contribution >= 0.6 is 0 Å². The second kappa shape index (κ2) is 5.94. The average molecular weight is 252 g/mol. The molecule has 0 aromatic heterocycles. The Labute approximate surface area is 108 Å². The standard InChI is InChI=1S/C14H20O4/c1-3-13(15)16-9-12-10(2)17-14(18-12)11-7-5-4-6-8-11/h3,11,14H,1,4-9H2,2H3. The van der Waals surface area contributed by atoms with Crippen molar-refractivity contribution in [3.05, 3.63) is 24.2 Å². The van der Waals surface area contributed by atoms with E-state index >= 15 is 0 Å². The minimum absolute atomic E-state index is 0.125. The van der Waals surface area contributed by atoms with Gasteiger partial charge in [0.05, 0.1) is 0 Å². The summed E-state index contributed by atoms with van der Waals surface area (Å²) in [6.07, 6.45) is 7.04. The molecule has 0 saturated heterocycles. The first kappa shape index (κ1) is 13.0. The summed E-state index contributed by atoms with van der Waals surface area (Å²) in [6, 6.07) is 0. The van der Waals surface area contributed by atoms with Crippen molar-refractivity contribution in [1.29, 1.82) is 0 Å². The van der Waals surface area contributed by atoms with Gasteiger partial charge in [0.1, 0.15) is 5.76 Å². The van der Waals surface area contributed by atoms with Gasteiger partial charge in [0.2, 0.25) is 6.29 Å². The number of hydrogen-bond acceptors (Lipinski definition) is 4. The van der Waals surface area contributed by atoms with E-state index in [9.17, 15) is 4.79 Å². The van der Waals surface area contributed by atoms with Crippen LogP contribution in [0, 0.1) is 5.92 Å². The molecule has 1 heterocycles. The summed E-state index contributed by atoms with van der Waals surface area (Å²) in [5.41, 5.74) is 0. The van der Waals surface area contributed by atoms with Crippen molar-refractivity contribution in [2.24, 2.45) is 5.92 Å². The van der Waals surface area contributed by atoms with Crippen molar-refractivity contribution >= 4 is 5.97 Å². The Bertz CT molecular complexity index is 353. The van der Waals surface area contributed by atoms with Crippen LogP contribution in [0.3, 0.4) is 0 Å². The van der Waals surface area contributed by atoms with Gasteiger partial charge in [-0.25, -0.2) is 4.79 Å². The smallest absolute Gasteiger partial charge is 0.330 e. The lowest BCUT2D eigenvalue weighted by Crippen LogP contribution is -2.24. The van der Waals surface area contributed by atoms with Crippen molar-refractivity contribution in [3.8, 4) is 0 Å². The minimum atomic E-state index is -0.444. The maximum Gasteiger partial charge on any atom is 0.330 e. The lowest BCUT2D eigenvalue weighted by atomic mass is 9.89. The Kier molecular flexibility index (Phi) is 4.28. The van der Waals surface area contributed by atoms with E-state index in [4.69, 9.17) is 14.2 Å². The number of ether oxygens (including phenoxy) is 3. The van der Waals surface area contributed by atoms with E-state index in [0.717, 1.165) is 24.7 Å². The number of allylic oxidation sites excluding steroid dienone is 1. The number of hydrogen-bond donors (Lipinski definition) is 0. The predicted molar refractivity (Wildman–Crippen MR) is 66.4 cm³/mol. The quantitative estimate of drug-likeness (QED) is 0.570. The highest BCUT2D eigenvalue weighted by molar-refractivity contribution is 5.81. The van der Waals surface area contributed by atoms with Gasteiger partial charge in [-0.15, -0.1) is 0 Å². The van der Waals surface area contributed by atoms with Gasteiger partial charge in [-0.05, 0) is 19.8 Å². The van der Waals surface area contributed by atoms with Gasteiger partial charge in [-0.1, -0.05) is 25.8 Å². The van der Waals surface area contributed by atoms with Gasteiger partial charge in [-0.3, -0.25) is 0 Å². The van der Waals surface area contributed by atoms with Gasteiger partial charge >= 0.3 is 5.97 Å². The molecular formula is C14H20O4. The molecular weight excluding hydrogens is 232 g/mol. The Hall–Kier alpha value is -1.45. The zero-order valence-electron chi connectivity index (χ0n) is 10.8. The molecule has 0 amide bonds. The second-order valence-corrected chi connectivity index (χ2v) is 4.79. The Morgan fingerprint density at radius 1 is 1.39 bits per heavy atom. The summed E-state index contributed by atoms with van der Waals surface area (Å²) < 4.78 is 16.4. The van der Waals surface area contributed by atoms with Crippen LogP contribution in [0.25, 0.3) is 0 Å². The highest BCUT2D eigenvalue weighted by Crippen LogP contribution is 2.34. The van der Waals surface area contributed by atoms with Crippen LogP contribution in [-0.4, -0.2) is 18.9 Å². The third kappa shape index (κ3) is 3.06. The van der Waals surface area contributed by atoms with E-state index in [2.05, 4.69) is 6.58 Å². The van der Waals surface area contributed by atoms with Crippen LogP contribution in [0.5, 0.6) is 0 Å². The molecule has 100 valence electrons. The molecule has 1 saturated carbocycles. The van der Waals surface area contributed by atoms with Crippen LogP contribution in [-0.2, 0) is 19.0 Å². The van der Waals surface area contributed by atoms with Gasteiger partial charge < -0.3 is 14.2 Å². The third-order valence-electron chi connectivity index (χ3n) is 3.49. The van der Waals surface area contributed by atoms with Crippen molar-refractivity contribution < 1.29 is 19.0 Å². The van der Waals surface area contributed by atoms with E-state index in [1.165, 1.54) is 19.3 Å². The molecule has 1 atom stereocenters. The molecule has 18 heavy (non-hydrogen) atoms. The molecule has 1 aliphatic heterocycles. The SMILES string of the molecule is C=CC(=O)OCC1=C(C)OC(C2CCCCC2)O1. The van der Waals surface area contributed by atoms with Crippen LogP contribution in [0.1, 0.15) is 39.0 Å². The van der Waals surface area contributed by atoms with Crippen molar-refractivity contribution in [2.75, 3.05) is 6.61 Å².